The standard InChI is InChI=1S/C23H18ClFN2O2.HI/c1-26-23(29)13-20(16-5-3-2-4-6-16)18-9-12-22(24)27(14-18)15-21(28)17-7-10-19(25)11-8-17;/h2-14H,15H2,1H3;1H/b20-13+;. The molecule has 4 nitrogen and oxygen atoms in total. The van der Waals surface area contributed by atoms with E-state index in [-0.39, 0.29) is 42.2 Å². The van der Waals surface area contributed by atoms with Crippen LogP contribution in [0.25, 0.3) is 5.57 Å². The first-order valence-corrected chi connectivity index (χ1v) is 9.32. The van der Waals surface area contributed by atoms with Crippen LogP contribution in [0, 0.1) is 5.82 Å². The summed E-state index contributed by atoms with van der Waals surface area (Å²) in [6.45, 7) is -0.0135. The highest BCUT2D eigenvalue weighted by Gasteiger charge is 2.19. The van der Waals surface area contributed by atoms with E-state index in [4.69, 9.17) is 11.6 Å². The van der Waals surface area contributed by atoms with Crippen molar-refractivity contribution in [1.29, 1.82) is 0 Å². The van der Waals surface area contributed by atoms with Gasteiger partial charge in [-0.25, -0.2) is 4.39 Å². The van der Waals surface area contributed by atoms with Gasteiger partial charge in [-0.15, -0.1) is 0 Å². The van der Waals surface area contributed by atoms with Crippen LogP contribution < -0.4 is 33.9 Å². The Labute approximate surface area is 196 Å². The van der Waals surface area contributed by atoms with Crippen LogP contribution in [-0.2, 0) is 11.3 Å². The first kappa shape index (κ1) is 23.7. The lowest BCUT2D eigenvalue weighted by molar-refractivity contribution is -0.681. The number of carbonyl (C=O) groups excluding carboxylic acids is 2. The number of pyridine rings is 1. The molecule has 0 radical (unpaired) electrons. The molecule has 1 heterocycles. The minimum Gasteiger partial charge on any atom is -1.00 e. The molecule has 30 heavy (non-hydrogen) atoms. The number of likely N-dealkylation sites (N-methyl/N-ethyl adjacent to an activating group) is 1. The minimum atomic E-state index is -0.402. The molecule has 3 aromatic rings. The van der Waals surface area contributed by atoms with Crippen LogP contribution in [0.1, 0.15) is 21.5 Å². The molecule has 1 aromatic heterocycles. The molecule has 154 valence electrons. The van der Waals surface area contributed by atoms with E-state index < -0.39 is 5.82 Å². The summed E-state index contributed by atoms with van der Waals surface area (Å²) in [7, 11) is 1.56. The number of rotatable bonds is 6. The lowest BCUT2D eigenvalue weighted by atomic mass is 9.98. The largest absolute Gasteiger partial charge is 1.00 e. The van der Waals surface area contributed by atoms with Crippen molar-refractivity contribution in [2.75, 3.05) is 7.05 Å². The molecule has 0 saturated carbocycles. The van der Waals surface area contributed by atoms with Gasteiger partial charge in [-0.2, -0.15) is 4.57 Å². The van der Waals surface area contributed by atoms with Crippen molar-refractivity contribution in [2.24, 2.45) is 0 Å². The van der Waals surface area contributed by atoms with Crippen molar-refractivity contribution in [3.05, 3.63) is 107 Å². The molecule has 7 heteroatoms. The summed E-state index contributed by atoms with van der Waals surface area (Å²) in [5.41, 5.74) is 2.68. The summed E-state index contributed by atoms with van der Waals surface area (Å²) in [5, 5.41) is 2.96. The van der Waals surface area contributed by atoms with E-state index in [1.54, 1.807) is 29.9 Å². The van der Waals surface area contributed by atoms with Gasteiger partial charge in [0.25, 0.3) is 5.15 Å². The molecule has 0 aliphatic carbocycles. The molecule has 0 aliphatic rings. The lowest BCUT2D eigenvalue weighted by Crippen LogP contribution is -3.00. The monoisotopic (exact) mass is 536 g/mol. The number of hydrogen-bond acceptors (Lipinski definition) is 2. The van der Waals surface area contributed by atoms with Gasteiger partial charge < -0.3 is 29.3 Å². The van der Waals surface area contributed by atoms with Crippen molar-refractivity contribution in [2.45, 2.75) is 6.54 Å². The van der Waals surface area contributed by atoms with Crippen LogP contribution in [0.15, 0.2) is 79.0 Å². The molecule has 0 saturated heterocycles. The number of carbonyl (C=O) groups is 2. The Bertz CT molecular complexity index is 1070. The number of nitrogens with one attached hydrogen (secondary N) is 1. The number of benzene rings is 2. The van der Waals surface area contributed by atoms with Gasteiger partial charge in [0.05, 0.1) is 0 Å². The maximum atomic E-state index is 13.1. The summed E-state index contributed by atoms with van der Waals surface area (Å²) in [5.74, 6) is -0.848. The Morgan fingerprint density at radius 2 is 1.60 bits per heavy atom. The SMILES string of the molecule is CNC(=O)/C=C(\c1ccccc1)c1ccc(Cl)[n+](CC(=O)c2ccc(F)cc2)c1.[I-]. The summed E-state index contributed by atoms with van der Waals surface area (Å²) >= 11 is 6.29. The Morgan fingerprint density at radius 1 is 0.967 bits per heavy atom. The summed E-state index contributed by atoms with van der Waals surface area (Å²) < 4.78 is 14.7. The van der Waals surface area contributed by atoms with Gasteiger partial charge in [0.1, 0.15) is 5.82 Å². The van der Waals surface area contributed by atoms with Gasteiger partial charge in [-0.3, -0.25) is 9.59 Å². The first-order chi connectivity index (χ1) is 14.0. The van der Waals surface area contributed by atoms with E-state index in [9.17, 15) is 14.0 Å². The van der Waals surface area contributed by atoms with E-state index in [0.29, 0.717) is 16.3 Å². The number of Topliss-reactive ketones (excluding diaryl/α,β-unsaturated/α-hetero) is 1. The number of ketones is 1. The highest BCUT2D eigenvalue weighted by molar-refractivity contribution is 6.28. The van der Waals surface area contributed by atoms with Gasteiger partial charge in [0.2, 0.25) is 18.2 Å². The molecule has 1 N–H and O–H groups in total. The predicted molar refractivity (Wildman–Crippen MR) is 110 cm³/mol. The zero-order valence-electron chi connectivity index (χ0n) is 16.1. The fraction of sp³-hybridized carbons (Fsp3) is 0.0870. The molecule has 0 spiro atoms. The van der Waals surface area contributed by atoms with Gasteiger partial charge in [-0.1, -0.05) is 30.3 Å². The van der Waals surface area contributed by atoms with E-state index >= 15 is 0 Å². The topological polar surface area (TPSA) is 50.1 Å². The van der Waals surface area contributed by atoms with Gasteiger partial charge in [0.15, 0.2) is 6.20 Å². The quantitative estimate of drug-likeness (QED) is 0.167. The van der Waals surface area contributed by atoms with Crippen molar-refractivity contribution in [3.8, 4) is 0 Å². The second-order valence-corrected chi connectivity index (χ2v) is 6.72. The molecule has 0 unspecified atom stereocenters. The highest BCUT2D eigenvalue weighted by atomic mass is 127. The van der Waals surface area contributed by atoms with Gasteiger partial charge in [-0.05, 0) is 47.5 Å². The second kappa shape index (κ2) is 11.0. The number of hydrogen-bond donors (Lipinski definition) is 1. The average molecular weight is 537 g/mol. The van der Waals surface area contributed by atoms with Crippen molar-refractivity contribution < 1.29 is 42.5 Å². The Hall–Kier alpha value is -2.58. The predicted octanol–water partition coefficient (Wildman–Crippen LogP) is 0.831. The molecular formula is C23H19ClFIN2O2. The number of nitrogens with zero attached hydrogens (tertiary/aromatic N) is 1. The summed E-state index contributed by atoms with van der Waals surface area (Å²) in [6, 6.07) is 18.3. The smallest absolute Gasteiger partial charge is 0.275 e. The van der Waals surface area contributed by atoms with Crippen LogP contribution in [0.4, 0.5) is 4.39 Å². The van der Waals surface area contributed by atoms with Crippen LogP contribution in [0.3, 0.4) is 0 Å². The fourth-order valence-electron chi connectivity index (χ4n) is 2.84. The normalized spacial score (nSPS) is 10.8. The Kier molecular flexibility index (Phi) is 8.68. The fourth-order valence-corrected chi connectivity index (χ4v) is 3.02. The Morgan fingerprint density at radius 3 is 2.23 bits per heavy atom. The molecule has 1 amide bonds. The average Bonchev–Trinajstić information content (AvgIpc) is 2.74. The van der Waals surface area contributed by atoms with Crippen molar-refractivity contribution in [1.82, 2.24) is 5.32 Å². The first-order valence-electron chi connectivity index (χ1n) is 8.95. The van der Waals surface area contributed by atoms with E-state index in [1.165, 1.54) is 30.3 Å². The van der Waals surface area contributed by atoms with Crippen LogP contribution in [0.2, 0.25) is 5.15 Å². The highest BCUT2D eigenvalue weighted by Crippen LogP contribution is 2.23. The number of aromatic nitrogens is 1. The number of amides is 1. The third-order valence-electron chi connectivity index (χ3n) is 4.37. The van der Waals surface area contributed by atoms with Crippen LogP contribution in [-0.4, -0.2) is 18.7 Å². The third kappa shape index (κ3) is 5.96. The maximum Gasteiger partial charge on any atom is 0.275 e. The molecule has 0 fully saturated rings. The maximum absolute atomic E-state index is 13.1. The third-order valence-corrected chi connectivity index (χ3v) is 4.71. The van der Waals surface area contributed by atoms with E-state index in [0.717, 1.165) is 11.1 Å². The zero-order chi connectivity index (χ0) is 20.8. The summed E-state index contributed by atoms with van der Waals surface area (Å²) in [4.78, 5) is 24.6. The van der Waals surface area contributed by atoms with E-state index in [2.05, 4.69) is 5.32 Å². The second-order valence-electron chi connectivity index (χ2n) is 6.34. The van der Waals surface area contributed by atoms with E-state index in [1.807, 2.05) is 30.3 Å². The zero-order valence-corrected chi connectivity index (χ0v) is 19.0. The van der Waals surface area contributed by atoms with Crippen molar-refractivity contribution >= 4 is 28.9 Å². The minimum absolute atomic E-state index is 0. The molecule has 0 aliphatic heterocycles. The van der Waals surface area contributed by atoms with Gasteiger partial charge in [0, 0.05) is 35.9 Å². The molecule has 2 aromatic carbocycles. The van der Waals surface area contributed by atoms with Crippen molar-refractivity contribution in [3.63, 3.8) is 0 Å². The Balaban J connectivity index is 0.00000320. The van der Waals surface area contributed by atoms with Crippen LogP contribution in [0.5, 0.6) is 0 Å². The van der Waals surface area contributed by atoms with Gasteiger partial charge >= 0.3 is 0 Å². The molecular weight excluding hydrogens is 518 g/mol. The molecule has 0 bridgehead atoms. The number of halogens is 3. The molecule has 3 rings (SSSR count). The molecule has 0 atom stereocenters. The lowest BCUT2D eigenvalue weighted by Gasteiger charge is -2.08. The summed E-state index contributed by atoms with van der Waals surface area (Å²) in [6.07, 6.45) is 3.23. The van der Waals surface area contributed by atoms with Crippen LogP contribution >= 0.6 is 11.6 Å².